The van der Waals surface area contributed by atoms with Crippen LogP contribution in [0.3, 0.4) is 0 Å². The first-order chi connectivity index (χ1) is 6.41. The van der Waals surface area contributed by atoms with Gasteiger partial charge in [0, 0.05) is 12.6 Å². The number of nitrogens with one attached hydrogen (secondary N) is 1. The van der Waals surface area contributed by atoms with Crippen LogP contribution in [0.15, 0.2) is 4.99 Å². The fourth-order valence-corrected chi connectivity index (χ4v) is 0.906. The third kappa shape index (κ3) is 11.2. The number of rotatable bonds is 7. The van der Waals surface area contributed by atoms with Gasteiger partial charge in [-0.1, -0.05) is 6.92 Å². The van der Waals surface area contributed by atoms with E-state index < -0.39 is 0 Å². The normalized spacial score (nSPS) is 10.0. The molecule has 0 atom stereocenters. The van der Waals surface area contributed by atoms with E-state index in [4.69, 9.17) is 0 Å². The summed E-state index contributed by atoms with van der Waals surface area (Å²) in [7, 11) is 0. The van der Waals surface area contributed by atoms with Crippen LogP contribution >= 0.6 is 0 Å². The largest absolute Gasteiger partial charge is 0.299 e. The van der Waals surface area contributed by atoms with Crippen molar-refractivity contribution in [2.24, 2.45) is 4.99 Å². The van der Waals surface area contributed by atoms with Crippen LogP contribution in [0.1, 0.15) is 39.5 Å². The van der Waals surface area contributed by atoms with E-state index in [-0.39, 0.29) is 0 Å². The Morgan fingerprint density at radius 3 is 2.92 bits per heavy atom. The molecular weight excluding hydrogens is 160 g/mol. The molecule has 0 aliphatic rings. The fourth-order valence-electron chi connectivity index (χ4n) is 0.906. The van der Waals surface area contributed by atoms with Crippen LogP contribution in [0.2, 0.25) is 0 Å². The molecule has 0 aromatic rings. The molecule has 0 unspecified atom stereocenters. The lowest BCUT2D eigenvalue weighted by Gasteiger charge is -1.93. The Hall–Kier alpha value is -0.810. The third-order valence-corrected chi connectivity index (χ3v) is 1.64. The van der Waals surface area contributed by atoms with Gasteiger partial charge >= 0.3 is 0 Å². The van der Waals surface area contributed by atoms with Gasteiger partial charge in [-0.05, 0) is 32.7 Å². The summed E-state index contributed by atoms with van der Waals surface area (Å²) in [6.07, 6.45) is 6.49. The second-order valence-electron chi connectivity index (χ2n) is 2.80. The van der Waals surface area contributed by atoms with Gasteiger partial charge in [0.15, 0.2) is 0 Å². The summed E-state index contributed by atoms with van der Waals surface area (Å²) in [6.45, 7) is 5.71. The van der Waals surface area contributed by atoms with E-state index in [2.05, 4.69) is 29.1 Å². The van der Waals surface area contributed by atoms with E-state index in [1.165, 1.54) is 12.8 Å². The summed E-state index contributed by atoms with van der Waals surface area (Å²) in [4.78, 5) is 4.21. The van der Waals surface area contributed by atoms with Gasteiger partial charge in [-0.15, -0.1) is 11.8 Å². The topological polar surface area (TPSA) is 24.4 Å². The average molecular weight is 180 g/mol. The van der Waals surface area contributed by atoms with Crippen molar-refractivity contribution in [3.63, 3.8) is 0 Å². The molecule has 0 aromatic carbocycles. The van der Waals surface area contributed by atoms with Crippen LogP contribution in [-0.2, 0) is 0 Å². The van der Waals surface area contributed by atoms with E-state index in [1.54, 1.807) is 0 Å². The minimum absolute atomic E-state index is 0.755. The van der Waals surface area contributed by atoms with Crippen molar-refractivity contribution in [3.05, 3.63) is 0 Å². The summed E-state index contributed by atoms with van der Waals surface area (Å²) >= 11 is 0. The maximum atomic E-state index is 4.21. The van der Waals surface area contributed by atoms with Gasteiger partial charge in [-0.3, -0.25) is 10.3 Å². The van der Waals surface area contributed by atoms with Gasteiger partial charge < -0.3 is 0 Å². The first-order valence-corrected chi connectivity index (χ1v) is 5.00. The Bertz CT molecular complexity index is 174. The first kappa shape index (κ1) is 12.2. The van der Waals surface area contributed by atoms with Gasteiger partial charge in [0.2, 0.25) is 0 Å². The summed E-state index contributed by atoms with van der Waals surface area (Å²) in [5, 5.41) is 3.14. The van der Waals surface area contributed by atoms with Crippen LogP contribution < -0.4 is 5.32 Å². The maximum absolute atomic E-state index is 4.21. The van der Waals surface area contributed by atoms with Gasteiger partial charge in [-0.25, -0.2) is 0 Å². The van der Waals surface area contributed by atoms with Crippen molar-refractivity contribution in [1.29, 1.82) is 0 Å². The number of nitrogens with zero attached hydrogens (tertiary/aromatic N) is 1. The lowest BCUT2D eigenvalue weighted by Crippen LogP contribution is -2.11. The second kappa shape index (κ2) is 11.2. The minimum Gasteiger partial charge on any atom is -0.299 e. The van der Waals surface area contributed by atoms with Crippen LogP contribution in [0.4, 0.5) is 0 Å². The molecule has 0 spiro atoms. The number of aliphatic imine (C=N–C) groups is 1. The van der Waals surface area contributed by atoms with E-state index in [9.17, 15) is 0 Å². The van der Waals surface area contributed by atoms with Crippen LogP contribution in [0.5, 0.6) is 0 Å². The molecule has 2 nitrogen and oxygen atoms in total. The second-order valence-corrected chi connectivity index (χ2v) is 2.80. The molecule has 0 radical (unpaired) electrons. The Morgan fingerprint density at radius 2 is 2.23 bits per heavy atom. The molecule has 0 aromatic heterocycles. The van der Waals surface area contributed by atoms with E-state index >= 15 is 0 Å². The molecule has 0 aliphatic heterocycles. The highest BCUT2D eigenvalue weighted by atomic mass is 15.0. The fraction of sp³-hybridized carbons (Fsp3) is 0.727. The molecular formula is C11H20N2. The summed E-state index contributed by atoms with van der Waals surface area (Å²) in [5.41, 5.74) is 0. The molecule has 2 heteroatoms. The van der Waals surface area contributed by atoms with Gasteiger partial charge in [0.25, 0.3) is 0 Å². The Morgan fingerprint density at radius 1 is 1.38 bits per heavy atom. The number of hydrogen-bond donors (Lipinski definition) is 1. The zero-order chi connectivity index (χ0) is 9.78. The quantitative estimate of drug-likeness (QED) is 0.362. The van der Waals surface area contributed by atoms with E-state index in [1.807, 2.05) is 13.1 Å². The molecule has 13 heavy (non-hydrogen) atoms. The van der Waals surface area contributed by atoms with Crippen molar-refractivity contribution >= 4 is 6.21 Å². The number of unbranched alkanes of at least 4 members (excludes halogenated alkanes) is 3. The van der Waals surface area contributed by atoms with Crippen LogP contribution in [0, 0.1) is 11.8 Å². The Kier molecular flexibility index (Phi) is 10.5. The summed E-state index contributed by atoms with van der Waals surface area (Å²) < 4.78 is 0. The molecule has 0 saturated heterocycles. The zero-order valence-corrected chi connectivity index (χ0v) is 8.77. The van der Waals surface area contributed by atoms with Crippen molar-refractivity contribution in [3.8, 4) is 11.8 Å². The van der Waals surface area contributed by atoms with Gasteiger partial charge in [0.05, 0.1) is 6.67 Å². The summed E-state index contributed by atoms with van der Waals surface area (Å²) in [6, 6.07) is 0. The lowest BCUT2D eigenvalue weighted by atomic mass is 10.2. The van der Waals surface area contributed by atoms with Crippen molar-refractivity contribution in [2.75, 3.05) is 13.2 Å². The predicted octanol–water partition coefficient (Wildman–Crippen LogP) is 2.21. The molecule has 0 aliphatic carbocycles. The van der Waals surface area contributed by atoms with Gasteiger partial charge in [-0.2, -0.15) is 0 Å². The van der Waals surface area contributed by atoms with Gasteiger partial charge in [0.1, 0.15) is 0 Å². The average Bonchev–Trinajstić information content (AvgIpc) is 2.16. The van der Waals surface area contributed by atoms with Crippen LogP contribution in [-0.4, -0.2) is 19.4 Å². The van der Waals surface area contributed by atoms with E-state index in [0.717, 1.165) is 26.1 Å². The number of hydrogen-bond acceptors (Lipinski definition) is 2. The van der Waals surface area contributed by atoms with Crippen molar-refractivity contribution in [2.45, 2.75) is 39.5 Å². The van der Waals surface area contributed by atoms with E-state index in [0.29, 0.717) is 0 Å². The van der Waals surface area contributed by atoms with Crippen molar-refractivity contribution in [1.82, 2.24) is 5.32 Å². The smallest absolute Gasteiger partial charge is 0.0880 e. The predicted molar refractivity (Wildman–Crippen MR) is 59.0 cm³/mol. The lowest BCUT2D eigenvalue weighted by molar-refractivity contribution is 0.739. The standard InChI is InChI=1S/C11H20N2/c1-3-5-6-7-8-9-10-13-11-12-4-2/h10,12H,4,6-9,11H2,1-2H3. The van der Waals surface area contributed by atoms with Crippen molar-refractivity contribution < 1.29 is 0 Å². The SMILES string of the molecule is CC#CCCCCC=NCNCC. The molecule has 1 N–H and O–H groups in total. The zero-order valence-electron chi connectivity index (χ0n) is 8.77. The maximum Gasteiger partial charge on any atom is 0.0880 e. The summed E-state index contributed by atoms with van der Waals surface area (Å²) in [5.74, 6) is 5.95. The first-order valence-electron chi connectivity index (χ1n) is 5.00. The monoisotopic (exact) mass is 180 g/mol. The highest BCUT2D eigenvalue weighted by Gasteiger charge is 1.83. The molecule has 0 amide bonds. The molecule has 0 bridgehead atoms. The third-order valence-electron chi connectivity index (χ3n) is 1.64. The minimum atomic E-state index is 0.755. The van der Waals surface area contributed by atoms with Crippen LogP contribution in [0.25, 0.3) is 0 Å². The Balaban J connectivity index is 3.04. The highest BCUT2D eigenvalue weighted by Crippen LogP contribution is 1.96. The molecule has 0 heterocycles. The molecule has 0 fully saturated rings. The molecule has 0 rings (SSSR count). The molecule has 74 valence electrons. The highest BCUT2D eigenvalue weighted by molar-refractivity contribution is 5.56. The molecule has 0 saturated carbocycles. The Labute approximate surface area is 81.8 Å².